The summed E-state index contributed by atoms with van der Waals surface area (Å²) in [7, 11) is 3.47. The van der Waals surface area contributed by atoms with Crippen LogP contribution >= 0.6 is 35.3 Å². The van der Waals surface area contributed by atoms with Crippen LogP contribution in [-0.2, 0) is 22.4 Å². The van der Waals surface area contributed by atoms with E-state index >= 15 is 0 Å². The van der Waals surface area contributed by atoms with Crippen molar-refractivity contribution in [2.75, 3.05) is 40.3 Å². The fourth-order valence-corrected chi connectivity index (χ4v) is 3.26. The second kappa shape index (κ2) is 12.4. The SMILES string of the molecule is CCc1cnc(CCNC(=NCC(=O)N(C)C)NCC2CCCO2)s1.I. The number of nitrogens with one attached hydrogen (secondary N) is 2. The van der Waals surface area contributed by atoms with Gasteiger partial charge < -0.3 is 20.3 Å². The van der Waals surface area contributed by atoms with Gasteiger partial charge in [-0.25, -0.2) is 9.98 Å². The molecule has 0 bridgehead atoms. The number of likely N-dealkylation sites (N-methyl/N-ethyl adjacent to an activating group) is 1. The number of aromatic nitrogens is 1. The number of amides is 1. The largest absolute Gasteiger partial charge is 0.376 e. The Bertz CT molecular complexity index is 573. The second-order valence-corrected chi connectivity index (χ2v) is 7.42. The lowest BCUT2D eigenvalue weighted by molar-refractivity contribution is -0.127. The predicted molar refractivity (Wildman–Crippen MR) is 117 cm³/mol. The molecule has 1 aromatic rings. The van der Waals surface area contributed by atoms with Gasteiger partial charge in [-0.1, -0.05) is 6.92 Å². The van der Waals surface area contributed by atoms with Crippen LogP contribution in [0.15, 0.2) is 11.2 Å². The summed E-state index contributed by atoms with van der Waals surface area (Å²) in [5.41, 5.74) is 0. The fraction of sp³-hybridized carbons (Fsp3) is 0.706. The summed E-state index contributed by atoms with van der Waals surface area (Å²) in [6, 6.07) is 0. The van der Waals surface area contributed by atoms with Crippen LogP contribution in [0, 0.1) is 0 Å². The van der Waals surface area contributed by atoms with Gasteiger partial charge in [0, 0.05) is 51.3 Å². The van der Waals surface area contributed by atoms with E-state index in [0.717, 1.165) is 43.8 Å². The number of hydrogen-bond acceptors (Lipinski definition) is 5. The third-order valence-corrected chi connectivity index (χ3v) is 5.18. The molecule has 0 aliphatic carbocycles. The molecule has 2 heterocycles. The van der Waals surface area contributed by atoms with E-state index in [9.17, 15) is 4.79 Å². The molecule has 1 aliphatic rings. The van der Waals surface area contributed by atoms with E-state index in [2.05, 4.69) is 27.5 Å². The highest BCUT2D eigenvalue weighted by molar-refractivity contribution is 14.0. The van der Waals surface area contributed by atoms with Crippen LogP contribution in [-0.4, -0.2) is 68.2 Å². The Kier molecular flexibility index (Phi) is 11.1. The zero-order chi connectivity index (χ0) is 18.1. The molecular weight excluding hydrogens is 465 g/mol. The molecule has 1 atom stereocenters. The molecular formula is C17H30IN5O2S. The highest BCUT2D eigenvalue weighted by atomic mass is 127. The number of ether oxygens (including phenoxy) is 1. The summed E-state index contributed by atoms with van der Waals surface area (Å²) in [5.74, 6) is 0.628. The third-order valence-electron chi connectivity index (χ3n) is 3.97. The van der Waals surface area contributed by atoms with Crippen molar-refractivity contribution in [3.05, 3.63) is 16.1 Å². The van der Waals surface area contributed by atoms with Crippen LogP contribution in [0.3, 0.4) is 0 Å². The number of rotatable bonds is 8. The van der Waals surface area contributed by atoms with E-state index in [1.807, 2.05) is 6.20 Å². The normalized spacial score (nSPS) is 16.9. The molecule has 1 fully saturated rings. The minimum Gasteiger partial charge on any atom is -0.376 e. The minimum atomic E-state index is -0.0225. The van der Waals surface area contributed by atoms with Gasteiger partial charge in [0.05, 0.1) is 11.1 Å². The van der Waals surface area contributed by atoms with E-state index in [0.29, 0.717) is 12.5 Å². The number of carbonyl (C=O) groups is 1. The first-order chi connectivity index (χ1) is 12.1. The van der Waals surface area contributed by atoms with Crippen LogP contribution in [0.4, 0.5) is 0 Å². The molecule has 0 saturated carbocycles. The van der Waals surface area contributed by atoms with Gasteiger partial charge in [0.15, 0.2) is 5.96 Å². The first-order valence-electron chi connectivity index (χ1n) is 8.86. The zero-order valence-corrected chi connectivity index (χ0v) is 18.9. The molecule has 26 heavy (non-hydrogen) atoms. The molecule has 1 aromatic heterocycles. The molecule has 1 amide bonds. The molecule has 1 saturated heterocycles. The summed E-state index contributed by atoms with van der Waals surface area (Å²) in [5, 5.41) is 7.70. The number of aliphatic imine (C=N–C) groups is 1. The molecule has 0 aromatic carbocycles. The third kappa shape index (κ3) is 8.17. The molecule has 1 aliphatic heterocycles. The minimum absolute atomic E-state index is 0. The monoisotopic (exact) mass is 495 g/mol. The van der Waals surface area contributed by atoms with Crippen molar-refractivity contribution >= 4 is 47.2 Å². The van der Waals surface area contributed by atoms with Gasteiger partial charge in [-0.15, -0.1) is 35.3 Å². The molecule has 0 radical (unpaired) electrons. The smallest absolute Gasteiger partial charge is 0.243 e. The van der Waals surface area contributed by atoms with E-state index in [-0.39, 0.29) is 42.5 Å². The molecule has 9 heteroatoms. The molecule has 7 nitrogen and oxygen atoms in total. The van der Waals surface area contributed by atoms with Crippen molar-refractivity contribution in [1.29, 1.82) is 0 Å². The summed E-state index contributed by atoms with van der Waals surface area (Å²) >= 11 is 1.75. The highest BCUT2D eigenvalue weighted by Crippen LogP contribution is 2.13. The number of guanidine groups is 1. The quantitative estimate of drug-likeness (QED) is 0.326. The van der Waals surface area contributed by atoms with Crippen LogP contribution in [0.1, 0.15) is 29.7 Å². The van der Waals surface area contributed by atoms with Crippen molar-refractivity contribution in [1.82, 2.24) is 20.5 Å². The summed E-state index contributed by atoms with van der Waals surface area (Å²) in [6.07, 6.45) is 6.20. The number of thiazole rings is 1. The van der Waals surface area contributed by atoms with Gasteiger partial charge in [-0.05, 0) is 19.3 Å². The Morgan fingerprint density at radius 3 is 2.88 bits per heavy atom. The summed E-state index contributed by atoms with van der Waals surface area (Å²) in [4.78, 5) is 23.4. The van der Waals surface area contributed by atoms with E-state index in [1.54, 1.807) is 30.3 Å². The lowest BCUT2D eigenvalue weighted by Gasteiger charge is -2.16. The summed E-state index contributed by atoms with van der Waals surface area (Å²) < 4.78 is 5.63. The molecule has 1 unspecified atom stereocenters. The van der Waals surface area contributed by atoms with Crippen LogP contribution in [0.5, 0.6) is 0 Å². The fourth-order valence-electron chi connectivity index (χ4n) is 2.39. The number of nitrogens with zero attached hydrogens (tertiary/aromatic N) is 3. The first-order valence-corrected chi connectivity index (χ1v) is 9.67. The Labute approximate surface area is 177 Å². The van der Waals surface area contributed by atoms with Crippen molar-refractivity contribution < 1.29 is 9.53 Å². The van der Waals surface area contributed by atoms with Crippen LogP contribution < -0.4 is 10.6 Å². The number of carbonyl (C=O) groups excluding carboxylic acids is 1. The van der Waals surface area contributed by atoms with Crippen LogP contribution in [0.25, 0.3) is 0 Å². The highest BCUT2D eigenvalue weighted by Gasteiger charge is 2.15. The number of aryl methyl sites for hydroxylation is 1. The van der Waals surface area contributed by atoms with Crippen molar-refractivity contribution in [3.63, 3.8) is 0 Å². The van der Waals surface area contributed by atoms with Gasteiger partial charge in [-0.2, -0.15) is 0 Å². The average molecular weight is 495 g/mol. The molecule has 2 N–H and O–H groups in total. The van der Waals surface area contributed by atoms with Gasteiger partial charge in [-0.3, -0.25) is 4.79 Å². The summed E-state index contributed by atoms with van der Waals surface area (Å²) in [6.45, 7) is 4.53. The molecule has 148 valence electrons. The standard InChI is InChI=1S/C17H29N5O2S.HI/c1-4-14-11-19-15(25-14)7-8-18-17(21-12-16(23)22(2)3)20-10-13-6-5-9-24-13;/h11,13H,4-10,12H2,1-3H3,(H2,18,20,21);1H. The van der Waals surface area contributed by atoms with Gasteiger partial charge in [0.25, 0.3) is 0 Å². The Morgan fingerprint density at radius 2 is 2.27 bits per heavy atom. The van der Waals surface area contributed by atoms with Crippen molar-refractivity contribution in [3.8, 4) is 0 Å². The lowest BCUT2D eigenvalue weighted by atomic mass is 10.2. The lowest BCUT2D eigenvalue weighted by Crippen LogP contribution is -2.42. The van der Waals surface area contributed by atoms with E-state index in [1.165, 1.54) is 4.88 Å². The van der Waals surface area contributed by atoms with Crippen molar-refractivity contribution in [2.24, 2.45) is 4.99 Å². The second-order valence-electron chi connectivity index (χ2n) is 6.22. The molecule has 2 rings (SSSR count). The Hall–Kier alpha value is -0.940. The van der Waals surface area contributed by atoms with E-state index < -0.39 is 0 Å². The maximum Gasteiger partial charge on any atom is 0.243 e. The maximum absolute atomic E-state index is 11.8. The Morgan fingerprint density at radius 1 is 1.46 bits per heavy atom. The van der Waals surface area contributed by atoms with Crippen LogP contribution in [0.2, 0.25) is 0 Å². The van der Waals surface area contributed by atoms with Gasteiger partial charge in [0.1, 0.15) is 6.54 Å². The predicted octanol–water partition coefficient (Wildman–Crippen LogP) is 1.67. The number of halogens is 1. The first kappa shape index (κ1) is 23.1. The van der Waals surface area contributed by atoms with Gasteiger partial charge >= 0.3 is 0 Å². The molecule has 0 spiro atoms. The number of hydrogen-bond donors (Lipinski definition) is 2. The van der Waals surface area contributed by atoms with Gasteiger partial charge in [0.2, 0.25) is 5.91 Å². The van der Waals surface area contributed by atoms with E-state index in [4.69, 9.17) is 4.74 Å². The Balaban J connectivity index is 0.00000338. The topological polar surface area (TPSA) is 78.9 Å². The average Bonchev–Trinajstić information content (AvgIpc) is 3.27. The zero-order valence-electron chi connectivity index (χ0n) is 15.8. The van der Waals surface area contributed by atoms with Crippen molar-refractivity contribution in [2.45, 2.75) is 38.7 Å². The maximum atomic E-state index is 11.8.